The molecule has 1 spiro atoms. The van der Waals surface area contributed by atoms with Gasteiger partial charge < -0.3 is 14.8 Å². The highest BCUT2D eigenvalue weighted by Crippen LogP contribution is 2.43. The average Bonchev–Trinajstić information content (AvgIpc) is 2.98. The molecule has 1 heterocycles. The molecular weight excluding hydrogens is 284 g/mol. The molecule has 0 saturated heterocycles. The summed E-state index contributed by atoms with van der Waals surface area (Å²) in [6.45, 7) is 0.962. The number of rotatable bonds is 3. The molecule has 0 radical (unpaired) electrons. The fourth-order valence-electron chi connectivity index (χ4n) is 3.06. The van der Waals surface area contributed by atoms with Gasteiger partial charge in [-0.3, -0.25) is 4.99 Å². The van der Waals surface area contributed by atoms with Gasteiger partial charge in [0.05, 0.1) is 14.2 Å². The zero-order valence-corrected chi connectivity index (χ0v) is 13.5. The first kappa shape index (κ1) is 14.6. The molecule has 1 aliphatic carbocycles. The second kappa shape index (κ2) is 6.18. The van der Waals surface area contributed by atoms with Gasteiger partial charge in [-0.15, -0.1) is 0 Å². The molecule has 1 fully saturated rings. The van der Waals surface area contributed by atoms with Gasteiger partial charge in [0.1, 0.15) is 11.5 Å². The first-order chi connectivity index (χ1) is 10.2. The number of nitrogens with zero attached hydrogens (tertiary/aromatic N) is 1. The summed E-state index contributed by atoms with van der Waals surface area (Å²) < 4.78 is 10.6. The van der Waals surface area contributed by atoms with Crippen molar-refractivity contribution in [2.45, 2.75) is 25.7 Å². The van der Waals surface area contributed by atoms with Gasteiger partial charge >= 0.3 is 0 Å². The summed E-state index contributed by atoms with van der Waals surface area (Å²) in [6.07, 6.45) is 5.41. The fourth-order valence-corrected chi connectivity index (χ4v) is 4.23. The van der Waals surface area contributed by atoms with E-state index in [-0.39, 0.29) is 0 Å². The number of nitrogens with one attached hydrogen (secondary N) is 1. The summed E-state index contributed by atoms with van der Waals surface area (Å²) in [5.74, 6) is 2.75. The number of hydrogen-bond acceptors (Lipinski definition) is 5. The van der Waals surface area contributed by atoms with E-state index in [1.54, 1.807) is 14.2 Å². The lowest BCUT2D eigenvalue weighted by atomic mass is 9.89. The van der Waals surface area contributed by atoms with E-state index in [4.69, 9.17) is 14.5 Å². The number of amidine groups is 1. The van der Waals surface area contributed by atoms with E-state index in [1.165, 1.54) is 31.4 Å². The van der Waals surface area contributed by atoms with Crippen LogP contribution in [-0.2, 0) is 0 Å². The highest BCUT2D eigenvalue weighted by Gasteiger charge is 2.36. The molecule has 21 heavy (non-hydrogen) atoms. The molecule has 3 rings (SSSR count). The van der Waals surface area contributed by atoms with E-state index in [2.05, 4.69) is 5.32 Å². The molecule has 0 amide bonds. The van der Waals surface area contributed by atoms with Gasteiger partial charge in [-0.1, -0.05) is 24.6 Å². The molecule has 1 aromatic carbocycles. The van der Waals surface area contributed by atoms with Crippen LogP contribution in [0.15, 0.2) is 23.2 Å². The van der Waals surface area contributed by atoms with E-state index >= 15 is 0 Å². The first-order valence-electron chi connectivity index (χ1n) is 7.40. The largest absolute Gasteiger partial charge is 0.497 e. The van der Waals surface area contributed by atoms with E-state index in [9.17, 15) is 0 Å². The standard InChI is InChI=1S/C16H22N2O2S/c1-19-13-7-12(8-14(9-13)20-2)18-15-17-10-16(11-21-15)5-3-4-6-16/h7-9H,3-6,10-11H2,1-2H3,(H,17,18). The maximum atomic E-state index is 5.30. The summed E-state index contributed by atoms with van der Waals surface area (Å²) in [5.41, 5.74) is 1.43. The van der Waals surface area contributed by atoms with Crippen molar-refractivity contribution in [3.8, 4) is 11.5 Å². The van der Waals surface area contributed by atoms with Crippen molar-refractivity contribution < 1.29 is 9.47 Å². The Morgan fingerprint density at radius 3 is 2.29 bits per heavy atom. The summed E-state index contributed by atoms with van der Waals surface area (Å²) in [6, 6.07) is 5.80. The van der Waals surface area contributed by atoms with E-state index in [0.29, 0.717) is 5.41 Å². The van der Waals surface area contributed by atoms with Gasteiger partial charge in [0.15, 0.2) is 5.17 Å². The SMILES string of the molecule is COc1cc(NC2=NCC3(CCCC3)CS2)cc(OC)c1. The number of anilines is 1. The molecule has 0 atom stereocenters. The number of ether oxygens (including phenoxy) is 2. The molecule has 1 aromatic rings. The van der Waals surface area contributed by atoms with Crippen molar-refractivity contribution in [1.82, 2.24) is 0 Å². The van der Waals surface area contributed by atoms with Gasteiger partial charge in [0, 0.05) is 36.2 Å². The monoisotopic (exact) mass is 306 g/mol. The highest BCUT2D eigenvalue weighted by molar-refractivity contribution is 8.14. The number of methoxy groups -OCH3 is 2. The lowest BCUT2D eigenvalue weighted by Crippen LogP contribution is -2.30. The third kappa shape index (κ3) is 3.28. The lowest BCUT2D eigenvalue weighted by molar-refractivity contribution is 0.359. The van der Waals surface area contributed by atoms with Crippen LogP contribution in [0.4, 0.5) is 5.69 Å². The van der Waals surface area contributed by atoms with Crippen molar-refractivity contribution in [3.63, 3.8) is 0 Å². The number of benzene rings is 1. The van der Waals surface area contributed by atoms with E-state index in [1.807, 2.05) is 30.0 Å². The van der Waals surface area contributed by atoms with Gasteiger partial charge in [0.25, 0.3) is 0 Å². The minimum absolute atomic E-state index is 0.474. The molecular formula is C16H22N2O2S. The van der Waals surface area contributed by atoms with Crippen molar-refractivity contribution in [2.75, 3.05) is 31.8 Å². The summed E-state index contributed by atoms with van der Waals surface area (Å²) in [5, 5.41) is 4.39. The van der Waals surface area contributed by atoms with Crippen LogP contribution in [0.2, 0.25) is 0 Å². The normalized spacial score (nSPS) is 20.2. The molecule has 0 bridgehead atoms. The molecule has 114 valence electrons. The average molecular weight is 306 g/mol. The van der Waals surface area contributed by atoms with E-state index in [0.717, 1.165) is 28.9 Å². The van der Waals surface area contributed by atoms with Crippen LogP contribution >= 0.6 is 11.8 Å². The lowest BCUT2D eigenvalue weighted by Gasteiger charge is -2.31. The number of aliphatic imine (C=N–C) groups is 1. The first-order valence-corrected chi connectivity index (χ1v) is 8.39. The summed E-state index contributed by atoms with van der Waals surface area (Å²) in [4.78, 5) is 4.76. The molecule has 1 aliphatic heterocycles. The van der Waals surface area contributed by atoms with Crippen LogP contribution in [-0.4, -0.2) is 31.7 Å². The Hall–Kier alpha value is -1.36. The second-order valence-electron chi connectivity index (χ2n) is 5.84. The Bertz CT molecular complexity index is 517. The second-order valence-corrected chi connectivity index (χ2v) is 6.81. The smallest absolute Gasteiger partial charge is 0.161 e. The maximum Gasteiger partial charge on any atom is 0.161 e. The maximum absolute atomic E-state index is 5.30. The quantitative estimate of drug-likeness (QED) is 0.923. The zero-order chi connectivity index (χ0) is 14.7. The number of thioether (sulfide) groups is 1. The third-order valence-electron chi connectivity index (χ3n) is 4.34. The van der Waals surface area contributed by atoms with Gasteiger partial charge in [0.2, 0.25) is 0 Å². The van der Waals surface area contributed by atoms with Gasteiger partial charge in [-0.05, 0) is 18.3 Å². The van der Waals surface area contributed by atoms with E-state index < -0.39 is 0 Å². The predicted octanol–water partition coefficient (Wildman–Crippen LogP) is 3.78. The molecule has 2 aliphatic rings. The van der Waals surface area contributed by atoms with Crippen LogP contribution in [0.5, 0.6) is 11.5 Å². The topological polar surface area (TPSA) is 42.8 Å². The molecule has 1 N–H and O–H groups in total. The fraction of sp³-hybridized carbons (Fsp3) is 0.562. The Balaban J connectivity index is 1.71. The number of hydrogen-bond donors (Lipinski definition) is 1. The molecule has 4 nitrogen and oxygen atoms in total. The Morgan fingerprint density at radius 1 is 1.10 bits per heavy atom. The van der Waals surface area contributed by atoms with Crippen molar-refractivity contribution in [1.29, 1.82) is 0 Å². The van der Waals surface area contributed by atoms with Crippen LogP contribution < -0.4 is 14.8 Å². The molecule has 0 unspecified atom stereocenters. The third-order valence-corrected chi connectivity index (χ3v) is 5.60. The Kier molecular flexibility index (Phi) is 4.29. The molecule has 1 saturated carbocycles. The minimum atomic E-state index is 0.474. The molecule has 5 heteroatoms. The van der Waals surface area contributed by atoms with Crippen LogP contribution in [0.1, 0.15) is 25.7 Å². The highest BCUT2D eigenvalue weighted by atomic mass is 32.2. The van der Waals surface area contributed by atoms with Crippen molar-refractivity contribution in [2.24, 2.45) is 10.4 Å². The zero-order valence-electron chi connectivity index (χ0n) is 12.6. The van der Waals surface area contributed by atoms with Gasteiger partial charge in [-0.25, -0.2) is 0 Å². The van der Waals surface area contributed by atoms with Crippen LogP contribution in [0.25, 0.3) is 0 Å². The predicted molar refractivity (Wildman–Crippen MR) is 88.8 cm³/mol. The van der Waals surface area contributed by atoms with Crippen molar-refractivity contribution >= 4 is 22.6 Å². The van der Waals surface area contributed by atoms with Crippen molar-refractivity contribution in [3.05, 3.63) is 18.2 Å². The van der Waals surface area contributed by atoms with Gasteiger partial charge in [-0.2, -0.15) is 0 Å². The Morgan fingerprint density at radius 2 is 1.76 bits per heavy atom. The Labute approximate surface area is 130 Å². The van der Waals surface area contributed by atoms with Crippen LogP contribution in [0.3, 0.4) is 0 Å². The molecule has 0 aromatic heterocycles. The summed E-state index contributed by atoms with van der Waals surface area (Å²) >= 11 is 1.84. The minimum Gasteiger partial charge on any atom is -0.497 e. The summed E-state index contributed by atoms with van der Waals surface area (Å²) in [7, 11) is 3.32. The van der Waals surface area contributed by atoms with Crippen LogP contribution in [0, 0.1) is 5.41 Å².